The Morgan fingerprint density at radius 3 is 2.55 bits per heavy atom. The molecular formula is C14H16N2O3S. The van der Waals surface area contributed by atoms with Gasteiger partial charge in [-0.2, -0.15) is 0 Å². The first kappa shape index (κ1) is 14.3. The molecule has 6 heteroatoms. The molecule has 1 atom stereocenters. The number of hydrogen-bond donors (Lipinski definition) is 2. The Hall–Kier alpha value is -2.08. The molecule has 1 aromatic carbocycles. The molecule has 2 aromatic rings. The molecule has 20 heavy (non-hydrogen) atoms. The van der Waals surface area contributed by atoms with E-state index in [1.165, 1.54) is 0 Å². The summed E-state index contributed by atoms with van der Waals surface area (Å²) in [5, 5.41) is 12.8. The largest absolute Gasteiger partial charge is 0.497 e. The number of carboxylic acids is 1. The van der Waals surface area contributed by atoms with Gasteiger partial charge in [0.2, 0.25) is 0 Å². The van der Waals surface area contributed by atoms with Crippen molar-refractivity contribution < 1.29 is 14.6 Å². The molecule has 0 spiro atoms. The summed E-state index contributed by atoms with van der Waals surface area (Å²) in [6, 6.07) is 7.75. The van der Waals surface area contributed by atoms with Gasteiger partial charge in [0.1, 0.15) is 10.6 Å². The van der Waals surface area contributed by atoms with E-state index in [0.29, 0.717) is 10.8 Å². The van der Waals surface area contributed by atoms with Crippen LogP contribution in [0.3, 0.4) is 0 Å². The lowest BCUT2D eigenvalue weighted by Crippen LogP contribution is -2.06. The van der Waals surface area contributed by atoms with Gasteiger partial charge >= 0.3 is 5.97 Å². The Labute approximate surface area is 121 Å². The average Bonchev–Trinajstić information content (AvgIpc) is 2.79. The summed E-state index contributed by atoms with van der Waals surface area (Å²) >= 11 is 1.15. The van der Waals surface area contributed by atoms with E-state index in [4.69, 9.17) is 9.84 Å². The third-order valence-electron chi connectivity index (χ3n) is 2.95. The fraction of sp³-hybridized carbons (Fsp3) is 0.286. The van der Waals surface area contributed by atoms with Gasteiger partial charge in [0.05, 0.1) is 18.8 Å². The van der Waals surface area contributed by atoms with E-state index in [1.54, 1.807) is 14.0 Å². The van der Waals surface area contributed by atoms with Gasteiger partial charge in [-0.25, -0.2) is 9.78 Å². The minimum Gasteiger partial charge on any atom is -0.497 e. The van der Waals surface area contributed by atoms with Crippen LogP contribution in [0.2, 0.25) is 0 Å². The first-order valence-corrected chi connectivity index (χ1v) is 6.94. The highest BCUT2D eigenvalue weighted by atomic mass is 32.1. The lowest BCUT2D eigenvalue weighted by Gasteiger charge is -2.13. The molecular weight excluding hydrogens is 276 g/mol. The first-order valence-electron chi connectivity index (χ1n) is 6.12. The summed E-state index contributed by atoms with van der Waals surface area (Å²) in [4.78, 5) is 15.5. The van der Waals surface area contributed by atoms with Crippen molar-refractivity contribution >= 4 is 22.4 Å². The molecule has 2 N–H and O–H groups in total. The van der Waals surface area contributed by atoms with Gasteiger partial charge in [0, 0.05) is 0 Å². The Balaban J connectivity index is 2.12. The van der Waals surface area contributed by atoms with E-state index < -0.39 is 5.97 Å². The second-order valence-electron chi connectivity index (χ2n) is 4.38. The van der Waals surface area contributed by atoms with Crippen LogP contribution in [0.1, 0.15) is 33.9 Å². The fourth-order valence-electron chi connectivity index (χ4n) is 1.82. The zero-order valence-electron chi connectivity index (χ0n) is 11.5. The van der Waals surface area contributed by atoms with E-state index in [-0.39, 0.29) is 10.9 Å². The van der Waals surface area contributed by atoms with Crippen LogP contribution in [-0.2, 0) is 0 Å². The van der Waals surface area contributed by atoms with Crippen molar-refractivity contribution in [1.29, 1.82) is 0 Å². The first-order chi connectivity index (χ1) is 9.51. The summed E-state index contributed by atoms with van der Waals surface area (Å²) in [5.41, 5.74) is 1.61. The van der Waals surface area contributed by atoms with E-state index in [1.807, 2.05) is 31.2 Å². The number of nitrogens with zero attached hydrogens (tertiary/aromatic N) is 1. The molecule has 0 bridgehead atoms. The van der Waals surface area contributed by atoms with Crippen molar-refractivity contribution in [1.82, 2.24) is 4.98 Å². The molecule has 0 unspecified atom stereocenters. The van der Waals surface area contributed by atoms with Gasteiger partial charge in [-0.05, 0) is 31.5 Å². The number of anilines is 1. The predicted octanol–water partition coefficient (Wildman–Crippen LogP) is 3.33. The number of thiazole rings is 1. The lowest BCUT2D eigenvalue weighted by molar-refractivity contribution is 0.0701. The second-order valence-corrected chi connectivity index (χ2v) is 5.38. The Morgan fingerprint density at radius 2 is 2.05 bits per heavy atom. The van der Waals surface area contributed by atoms with Crippen molar-refractivity contribution in [3.05, 3.63) is 40.4 Å². The van der Waals surface area contributed by atoms with Crippen molar-refractivity contribution in [3.8, 4) is 5.75 Å². The zero-order valence-corrected chi connectivity index (χ0v) is 12.3. The maximum absolute atomic E-state index is 11.0. The van der Waals surface area contributed by atoms with Gasteiger partial charge in [0.15, 0.2) is 5.13 Å². The van der Waals surface area contributed by atoms with Crippen LogP contribution in [0.15, 0.2) is 24.3 Å². The summed E-state index contributed by atoms with van der Waals surface area (Å²) in [5.74, 6) is -0.135. The topological polar surface area (TPSA) is 71.5 Å². The number of aromatic carboxylic acids is 1. The molecule has 0 radical (unpaired) electrons. The fourth-order valence-corrected chi connectivity index (χ4v) is 2.71. The van der Waals surface area contributed by atoms with Gasteiger partial charge in [-0.15, -0.1) is 0 Å². The summed E-state index contributed by atoms with van der Waals surface area (Å²) < 4.78 is 5.12. The number of rotatable bonds is 5. The number of methoxy groups -OCH3 is 1. The molecule has 5 nitrogen and oxygen atoms in total. The van der Waals surface area contributed by atoms with Gasteiger partial charge < -0.3 is 15.2 Å². The monoisotopic (exact) mass is 292 g/mol. The van der Waals surface area contributed by atoms with Crippen LogP contribution in [0.4, 0.5) is 5.13 Å². The number of aromatic nitrogens is 1. The molecule has 0 aliphatic rings. The van der Waals surface area contributed by atoms with Crippen molar-refractivity contribution in [2.45, 2.75) is 19.9 Å². The van der Waals surface area contributed by atoms with Crippen LogP contribution >= 0.6 is 11.3 Å². The number of hydrogen-bond acceptors (Lipinski definition) is 5. The second kappa shape index (κ2) is 5.92. The SMILES string of the molecule is COc1ccc([C@@H](C)Nc2nc(C)c(C(=O)O)s2)cc1. The molecule has 0 aliphatic carbocycles. The summed E-state index contributed by atoms with van der Waals surface area (Å²) in [7, 11) is 1.63. The minimum atomic E-state index is -0.940. The third-order valence-corrected chi connectivity index (χ3v) is 4.02. The molecule has 0 aliphatic heterocycles. The highest BCUT2D eigenvalue weighted by Crippen LogP contribution is 2.27. The van der Waals surface area contributed by atoms with Crippen molar-refractivity contribution in [2.75, 3.05) is 12.4 Å². The number of carboxylic acid groups (broad SMARTS) is 1. The molecule has 1 heterocycles. The molecule has 0 saturated heterocycles. The van der Waals surface area contributed by atoms with Crippen LogP contribution < -0.4 is 10.1 Å². The quantitative estimate of drug-likeness (QED) is 0.884. The number of ether oxygens (including phenoxy) is 1. The molecule has 0 amide bonds. The van der Waals surface area contributed by atoms with E-state index >= 15 is 0 Å². The predicted molar refractivity (Wildman–Crippen MR) is 78.8 cm³/mol. The number of aryl methyl sites for hydroxylation is 1. The smallest absolute Gasteiger partial charge is 0.347 e. The summed E-state index contributed by atoms with van der Waals surface area (Å²) in [6.07, 6.45) is 0. The van der Waals surface area contributed by atoms with E-state index in [2.05, 4.69) is 10.3 Å². The molecule has 106 valence electrons. The third kappa shape index (κ3) is 3.08. The number of carbonyl (C=O) groups is 1. The molecule has 0 fully saturated rings. The number of benzene rings is 1. The summed E-state index contributed by atoms with van der Waals surface area (Å²) in [6.45, 7) is 3.70. The zero-order chi connectivity index (χ0) is 14.7. The number of nitrogens with one attached hydrogen (secondary N) is 1. The minimum absolute atomic E-state index is 0.0353. The Morgan fingerprint density at radius 1 is 1.40 bits per heavy atom. The van der Waals surface area contributed by atoms with Gasteiger partial charge in [-0.3, -0.25) is 0 Å². The van der Waals surface area contributed by atoms with Crippen molar-refractivity contribution in [3.63, 3.8) is 0 Å². The van der Waals surface area contributed by atoms with Gasteiger partial charge in [-0.1, -0.05) is 23.5 Å². The van der Waals surface area contributed by atoms with Crippen LogP contribution in [0, 0.1) is 6.92 Å². The normalized spacial score (nSPS) is 11.9. The Kier molecular flexibility index (Phi) is 4.24. The highest BCUT2D eigenvalue weighted by molar-refractivity contribution is 7.17. The van der Waals surface area contributed by atoms with E-state index in [9.17, 15) is 4.79 Å². The van der Waals surface area contributed by atoms with Gasteiger partial charge in [0.25, 0.3) is 0 Å². The maximum Gasteiger partial charge on any atom is 0.347 e. The highest BCUT2D eigenvalue weighted by Gasteiger charge is 2.15. The van der Waals surface area contributed by atoms with E-state index in [0.717, 1.165) is 22.6 Å². The molecule has 2 rings (SSSR count). The Bertz CT molecular complexity index is 607. The molecule has 0 saturated carbocycles. The molecule has 1 aromatic heterocycles. The standard InChI is InChI=1S/C14H16N2O3S/c1-8(10-4-6-11(19-3)7-5-10)15-14-16-9(2)12(20-14)13(17)18/h4-8H,1-3H3,(H,15,16)(H,17,18)/t8-/m1/s1. The van der Waals surface area contributed by atoms with Crippen LogP contribution in [-0.4, -0.2) is 23.2 Å². The lowest BCUT2D eigenvalue weighted by atomic mass is 10.1. The van der Waals surface area contributed by atoms with Crippen LogP contribution in [0.25, 0.3) is 0 Å². The van der Waals surface area contributed by atoms with Crippen molar-refractivity contribution in [2.24, 2.45) is 0 Å². The maximum atomic E-state index is 11.0. The van der Waals surface area contributed by atoms with Crippen LogP contribution in [0.5, 0.6) is 5.75 Å². The average molecular weight is 292 g/mol.